The molecule has 0 spiro atoms. The van der Waals surface area contributed by atoms with Crippen LogP contribution in [0.1, 0.15) is 36.0 Å². The summed E-state index contributed by atoms with van der Waals surface area (Å²) < 4.78 is 4.97. The molecule has 1 aromatic heterocycles. The molecule has 4 heteroatoms. The summed E-state index contributed by atoms with van der Waals surface area (Å²) in [5, 5.41) is 2.80. The number of amides is 1. The smallest absolute Gasteiger partial charge is 0.289 e. The fourth-order valence-corrected chi connectivity index (χ4v) is 1.21. The zero-order chi connectivity index (χ0) is 11.3. The van der Waals surface area contributed by atoms with Crippen LogP contribution in [0.4, 0.5) is 0 Å². The number of rotatable bonds is 4. The number of aryl methyl sites for hydroxylation is 1. The Balaban J connectivity index is 2.63. The lowest BCUT2D eigenvalue weighted by Gasteiger charge is -2.12. The molecule has 1 aromatic rings. The molecule has 1 atom stereocenters. The molecule has 1 rings (SSSR count). The number of carbonyl (C=O) groups is 1. The fourth-order valence-electron chi connectivity index (χ4n) is 1.21. The van der Waals surface area contributed by atoms with Crippen LogP contribution in [0.25, 0.3) is 0 Å². The third-order valence-corrected chi connectivity index (χ3v) is 2.14. The molecule has 0 aromatic carbocycles. The Bertz CT molecular complexity index is 376. The summed E-state index contributed by atoms with van der Waals surface area (Å²) in [4.78, 5) is 15.5. The van der Waals surface area contributed by atoms with Crippen LogP contribution in [0.5, 0.6) is 0 Å². The molecule has 1 unspecified atom stereocenters. The van der Waals surface area contributed by atoms with Crippen LogP contribution >= 0.6 is 0 Å². The lowest BCUT2D eigenvalue weighted by molar-refractivity contribution is 0.0908. The first-order valence-electron chi connectivity index (χ1n) is 4.83. The maximum atomic E-state index is 11.7. The van der Waals surface area contributed by atoms with Gasteiger partial charge in [0, 0.05) is 12.5 Å². The van der Waals surface area contributed by atoms with Crippen LogP contribution in [0, 0.1) is 19.3 Å². The van der Waals surface area contributed by atoms with Gasteiger partial charge >= 0.3 is 0 Å². The number of terminal acetylenes is 1. The first-order valence-corrected chi connectivity index (χ1v) is 4.83. The highest BCUT2D eigenvalue weighted by molar-refractivity contribution is 5.92. The third-order valence-electron chi connectivity index (χ3n) is 2.14. The minimum absolute atomic E-state index is 0.00741. The maximum absolute atomic E-state index is 11.7. The van der Waals surface area contributed by atoms with Gasteiger partial charge in [0.25, 0.3) is 5.91 Å². The number of carbonyl (C=O) groups excluding carboxylic acids is 1. The van der Waals surface area contributed by atoms with E-state index in [9.17, 15) is 4.79 Å². The number of aromatic nitrogens is 1. The minimum atomic E-state index is -0.257. The molecule has 0 fully saturated rings. The van der Waals surface area contributed by atoms with E-state index >= 15 is 0 Å². The van der Waals surface area contributed by atoms with E-state index in [1.54, 1.807) is 6.92 Å². The van der Waals surface area contributed by atoms with Gasteiger partial charge in [0.2, 0.25) is 5.76 Å². The van der Waals surface area contributed by atoms with Gasteiger partial charge < -0.3 is 9.73 Å². The van der Waals surface area contributed by atoms with Crippen molar-refractivity contribution in [3.63, 3.8) is 0 Å². The molecule has 80 valence electrons. The molecule has 1 heterocycles. The van der Waals surface area contributed by atoms with Crippen LogP contribution < -0.4 is 5.32 Å². The van der Waals surface area contributed by atoms with Crippen molar-refractivity contribution in [1.82, 2.24) is 10.3 Å². The highest BCUT2D eigenvalue weighted by Crippen LogP contribution is 2.06. The first-order chi connectivity index (χ1) is 7.19. The van der Waals surface area contributed by atoms with Gasteiger partial charge in [-0.15, -0.1) is 12.3 Å². The van der Waals surface area contributed by atoms with Gasteiger partial charge in [0.15, 0.2) is 6.39 Å². The van der Waals surface area contributed by atoms with E-state index < -0.39 is 0 Å². The highest BCUT2D eigenvalue weighted by Gasteiger charge is 2.16. The molecule has 0 aliphatic heterocycles. The average Bonchev–Trinajstić information content (AvgIpc) is 2.63. The van der Waals surface area contributed by atoms with Crippen LogP contribution in [-0.2, 0) is 0 Å². The Morgan fingerprint density at radius 2 is 2.53 bits per heavy atom. The zero-order valence-corrected chi connectivity index (χ0v) is 8.91. The van der Waals surface area contributed by atoms with Gasteiger partial charge in [-0.2, -0.15) is 0 Å². The molecular weight excluding hydrogens is 192 g/mol. The van der Waals surface area contributed by atoms with E-state index in [0.717, 1.165) is 6.42 Å². The average molecular weight is 206 g/mol. The Morgan fingerprint density at radius 3 is 3.00 bits per heavy atom. The van der Waals surface area contributed by atoms with Gasteiger partial charge in [0.05, 0.1) is 5.69 Å². The lowest BCUT2D eigenvalue weighted by Crippen LogP contribution is -2.34. The van der Waals surface area contributed by atoms with Crippen molar-refractivity contribution < 1.29 is 9.21 Å². The highest BCUT2D eigenvalue weighted by atomic mass is 16.3. The number of nitrogens with zero attached hydrogens (tertiary/aromatic N) is 1. The molecule has 15 heavy (non-hydrogen) atoms. The van der Waals surface area contributed by atoms with Crippen molar-refractivity contribution >= 4 is 5.91 Å². The molecular formula is C11H14N2O2. The second kappa shape index (κ2) is 5.20. The van der Waals surface area contributed by atoms with Crippen molar-refractivity contribution in [2.75, 3.05) is 0 Å². The summed E-state index contributed by atoms with van der Waals surface area (Å²) in [6.45, 7) is 3.69. The van der Waals surface area contributed by atoms with Crippen molar-refractivity contribution in [3.05, 3.63) is 17.8 Å². The van der Waals surface area contributed by atoms with Gasteiger partial charge in [-0.25, -0.2) is 4.98 Å². The van der Waals surface area contributed by atoms with Gasteiger partial charge in [-0.3, -0.25) is 4.79 Å². The van der Waals surface area contributed by atoms with Crippen LogP contribution in [0.15, 0.2) is 10.8 Å². The first kappa shape index (κ1) is 11.3. The van der Waals surface area contributed by atoms with E-state index in [2.05, 4.69) is 16.2 Å². The maximum Gasteiger partial charge on any atom is 0.289 e. The van der Waals surface area contributed by atoms with E-state index in [4.69, 9.17) is 10.8 Å². The molecule has 1 N–H and O–H groups in total. The van der Waals surface area contributed by atoms with Crippen molar-refractivity contribution in [3.8, 4) is 12.3 Å². The largest absolute Gasteiger partial charge is 0.438 e. The Hall–Kier alpha value is -1.76. The fraction of sp³-hybridized carbons (Fsp3) is 0.455. The van der Waals surface area contributed by atoms with Crippen molar-refractivity contribution in [2.24, 2.45) is 0 Å². The molecule has 0 bridgehead atoms. The lowest BCUT2D eigenvalue weighted by atomic mass is 10.1. The zero-order valence-electron chi connectivity index (χ0n) is 8.91. The summed E-state index contributed by atoms with van der Waals surface area (Å²) >= 11 is 0. The standard InChI is InChI=1S/C11H14N2O2/c1-4-6-9(5-2)13-11(14)10-8(3)12-7-15-10/h1,7,9H,5-6H2,2-3H3,(H,13,14). The van der Waals surface area contributed by atoms with Crippen LogP contribution in [-0.4, -0.2) is 16.9 Å². The Morgan fingerprint density at radius 1 is 1.80 bits per heavy atom. The molecule has 0 radical (unpaired) electrons. The van der Waals surface area contributed by atoms with Gasteiger partial charge in [-0.1, -0.05) is 6.92 Å². The second-order valence-electron chi connectivity index (χ2n) is 3.25. The molecule has 0 saturated heterocycles. The Labute approximate surface area is 89.1 Å². The number of nitrogens with one attached hydrogen (secondary N) is 1. The summed E-state index contributed by atoms with van der Waals surface area (Å²) in [6, 6.07) is -0.00741. The number of oxazole rings is 1. The predicted octanol–water partition coefficient (Wildman–Crippen LogP) is 1.51. The summed E-state index contributed by atoms with van der Waals surface area (Å²) in [7, 11) is 0. The monoisotopic (exact) mass is 206 g/mol. The van der Waals surface area contributed by atoms with Crippen LogP contribution in [0.3, 0.4) is 0 Å². The van der Waals surface area contributed by atoms with Crippen molar-refractivity contribution in [1.29, 1.82) is 0 Å². The van der Waals surface area contributed by atoms with E-state index in [1.165, 1.54) is 6.39 Å². The summed E-state index contributed by atoms with van der Waals surface area (Å²) in [5.41, 5.74) is 0.586. The summed E-state index contributed by atoms with van der Waals surface area (Å²) in [6.07, 6.45) is 7.77. The molecule has 0 saturated carbocycles. The Kier molecular flexibility index (Phi) is 3.92. The van der Waals surface area contributed by atoms with Crippen LogP contribution in [0.2, 0.25) is 0 Å². The number of hydrogen-bond acceptors (Lipinski definition) is 3. The second-order valence-corrected chi connectivity index (χ2v) is 3.25. The third kappa shape index (κ3) is 2.84. The molecule has 0 aliphatic rings. The predicted molar refractivity (Wildman–Crippen MR) is 56.2 cm³/mol. The molecule has 4 nitrogen and oxygen atoms in total. The summed E-state index contributed by atoms with van der Waals surface area (Å²) in [5.74, 6) is 2.52. The van der Waals surface area contributed by atoms with E-state index in [-0.39, 0.29) is 17.7 Å². The van der Waals surface area contributed by atoms with Crippen molar-refractivity contribution in [2.45, 2.75) is 32.7 Å². The normalized spacial score (nSPS) is 11.8. The number of hydrogen-bond donors (Lipinski definition) is 1. The molecule has 0 aliphatic carbocycles. The van der Waals surface area contributed by atoms with Gasteiger partial charge in [-0.05, 0) is 13.3 Å². The van der Waals surface area contributed by atoms with E-state index in [0.29, 0.717) is 12.1 Å². The molecule has 1 amide bonds. The van der Waals surface area contributed by atoms with E-state index in [1.807, 2.05) is 6.92 Å². The SMILES string of the molecule is C#CCC(CC)NC(=O)c1ocnc1C. The minimum Gasteiger partial charge on any atom is -0.438 e. The topological polar surface area (TPSA) is 55.1 Å². The quantitative estimate of drug-likeness (QED) is 0.760. The van der Waals surface area contributed by atoms with Gasteiger partial charge in [0.1, 0.15) is 0 Å².